The maximum Gasteiger partial charge on any atom is 0.189 e. The summed E-state index contributed by atoms with van der Waals surface area (Å²) >= 11 is 0. The topological polar surface area (TPSA) is 108 Å². The maximum atomic E-state index is 10.3. The van der Waals surface area contributed by atoms with Gasteiger partial charge in [0.2, 0.25) is 0 Å². The number of rotatable bonds is 3. The van der Waals surface area contributed by atoms with Crippen LogP contribution in [-0.2, 0) is 0 Å². The fourth-order valence-corrected chi connectivity index (χ4v) is 5.21. The van der Waals surface area contributed by atoms with Crippen molar-refractivity contribution in [3.8, 4) is 24.0 Å². The lowest BCUT2D eigenvalue weighted by Crippen LogP contribution is -2.52. The molecule has 2 aromatic carbocycles. The Labute approximate surface area is 182 Å². The SMILES string of the molecule is CCN1CC=C2C(C#N)C(=N)C(C#N)(C#N)[C@H](c3ccc(OC)c4ccccc34)[C@@H]2C1. The number of benzene rings is 2. The average molecular weight is 409 g/mol. The van der Waals surface area contributed by atoms with Gasteiger partial charge in [-0.05, 0) is 29.1 Å². The van der Waals surface area contributed by atoms with Crippen molar-refractivity contribution < 1.29 is 4.74 Å². The summed E-state index contributed by atoms with van der Waals surface area (Å²) in [5.74, 6) is -0.891. The van der Waals surface area contributed by atoms with E-state index in [1.165, 1.54) is 0 Å². The highest BCUT2D eigenvalue weighted by molar-refractivity contribution is 6.02. The molecule has 1 unspecified atom stereocenters. The highest BCUT2D eigenvalue weighted by atomic mass is 16.5. The second-order valence-corrected chi connectivity index (χ2v) is 8.05. The molecule has 1 aliphatic carbocycles. The van der Waals surface area contributed by atoms with Gasteiger partial charge in [-0.3, -0.25) is 4.90 Å². The maximum absolute atomic E-state index is 10.3. The lowest BCUT2D eigenvalue weighted by atomic mass is 9.54. The number of likely N-dealkylation sites (N-methyl/N-ethyl adjacent to an activating group) is 1. The largest absolute Gasteiger partial charge is 0.496 e. The van der Waals surface area contributed by atoms with Crippen LogP contribution in [0.15, 0.2) is 48.0 Å². The minimum atomic E-state index is -1.71. The second kappa shape index (κ2) is 7.88. The fourth-order valence-electron chi connectivity index (χ4n) is 5.21. The molecule has 1 aliphatic heterocycles. The lowest BCUT2D eigenvalue weighted by Gasteiger charge is -2.48. The van der Waals surface area contributed by atoms with Gasteiger partial charge in [0.1, 0.15) is 11.7 Å². The molecule has 1 saturated carbocycles. The van der Waals surface area contributed by atoms with Crippen molar-refractivity contribution in [2.24, 2.45) is 17.3 Å². The number of ether oxygens (including phenoxy) is 1. The Morgan fingerprint density at radius 3 is 2.45 bits per heavy atom. The van der Waals surface area contributed by atoms with Gasteiger partial charge in [-0.15, -0.1) is 0 Å². The molecule has 4 rings (SSSR count). The Morgan fingerprint density at radius 1 is 1.13 bits per heavy atom. The summed E-state index contributed by atoms with van der Waals surface area (Å²) in [6, 6.07) is 18.1. The quantitative estimate of drug-likeness (QED) is 0.771. The van der Waals surface area contributed by atoms with Crippen molar-refractivity contribution in [2.75, 3.05) is 26.7 Å². The first-order valence-electron chi connectivity index (χ1n) is 10.3. The molecule has 0 aromatic heterocycles. The van der Waals surface area contributed by atoms with Gasteiger partial charge >= 0.3 is 0 Å². The second-order valence-electron chi connectivity index (χ2n) is 8.05. The van der Waals surface area contributed by atoms with Crippen LogP contribution in [0.1, 0.15) is 18.4 Å². The van der Waals surface area contributed by atoms with E-state index in [1.807, 2.05) is 42.5 Å². The van der Waals surface area contributed by atoms with E-state index in [0.717, 1.165) is 28.5 Å². The molecule has 2 aliphatic rings. The molecular weight excluding hydrogens is 386 g/mol. The molecule has 0 bridgehead atoms. The standard InChI is InChI=1S/C25H23N5O/c1-3-30-11-10-17-20(12-26)24(29)25(14-27,15-28)23(21(17)13-30)19-8-9-22(31-2)18-7-5-4-6-16(18)19/h4-10,20-21,23,29H,3,11,13H2,1-2H3/t20?,21-,23-/m1/s1. The van der Waals surface area contributed by atoms with E-state index in [4.69, 9.17) is 10.1 Å². The molecule has 1 heterocycles. The zero-order valence-electron chi connectivity index (χ0n) is 17.6. The molecule has 0 amide bonds. The zero-order valence-corrected chi connectivity index (χ0v) is 17.6. The molecule has 1 N–H and O–H groups in total. The lowest BCUT2D eigenvalue weighted by molar-refractivity contribution is 0.212. The highest BCUT2D eigenvalue weighted by Gasteiger charge is 2.58. The zero-order chi connectivity index (χ0) is 22.2. The Hall–Kier alpha value is -3.66. The van der Waals surface area contributed by atoms with Crippen molar-refractivity contribution in [3.05, 3.63) is 53.6 Å². The minimum Gasteiger partial charge on any atom is -0.496 e. The van der Waals surface area contributed by atoms with E-state index in [1.54, 1.807) is 7.11 Å². The molecule has 1 fully saturated rings. The van der Waals surface area contributed by atoms with Gasteiger partial charge < -0.3 is 10.1 Å². The fraction of sp³-hybridized carbons (Fsp3) is 0.360. The summed E-state index contributed by atoms with van der Waals surface area (Å²) in [7, 11) is 1.62. The number of nitrogens with one attached hydrogen (secondary N) is 1. The van der Waals surface area contributed by atoms with Crippen molar-refractivity contribution >= 4 is 16.5 Å². The third kappa shape index (κ3) is 2.90. The van der Waals surface area contributed by atoms with Crippen LogP contribution in [0.25, 0.3) is 10.8 Å². The summed E-state index contributed by atoms with van der Waals surface area (Å²) in [6.07, 6.45) is 2.03. The predicted molar refractivity (Wildman–Crippen MR) is 117 cm³/mol. The van der Waals surface area contributed by atoms with E-state index in [9.17, 15) is 15.8 Å². The van der Waals surface area contributed by atoms with Gasteiger partial charge in [0.05, 0.1) is 31.0 Å². The van der Waals surface area contributed by atoms with Crippen LogP contribution in [0.5, 0.6) is 5.75 Å². The molecule has 6 heteroatoms. The summed E-state index contributed by atoms with van der Waals surface area (Å²) in [4.78, 5) is 2.25. The van der Waals surface area contributed by atoms with E-state index in [0.29, 0.717) is 18.8 Å². The van der Waals surface area contributed by atoms with E-state index < -0.39 is 17.3 Å². The number of nitriles is 3. The van der Waals surface area contributed by atoms with Crippen LogP contribution in [0.2, 0.25) is 0 Å². The predicted octanol–water partition coefficient (Wildman–Crippen LogP) is 4.02. The van der Waals surface area contributed by atoms with Crippen LogP contribution in [0, 0.1) is 56.7 Å². The molecule has 6 nitrogen and oxygen atoms in total. The average Bonchev–Trinajstić information content (AvgIpc) is 2.82. The van der Waals surface area contributed by atoms with Crippen molar-refractivity contribution in [1.29, 1.82) is 21.2 Å². The minimum absolute atomic E-state index is 0.114. The Kier molecular flexibility index (Phi) is 5.24. The summed E-state index contributed by atoms with van der Waals surface area (Å²) in [6.45, 7) is 4.25. The highest BCUT2D eigenvalue weighted by Crippen LogP contribution is 2.54. The van der Waals surface area contributed by atoms with Crippen molar-refractivity contribution in [1.82, 2.24) is 4.90 Å². The number of fused-ring (bicyclic) bond motifs is 2. The van der Waals surface area contributed by atoms with Crippen molar-refractivity contribution in [2.45, 2.75) is 12.8 Å². The summed E-state index contributed by atoms with van der Waals surface area (Å²) < 4.78 is 5.54. The van der Waals surface area contributed by atoms with Crippen LogP contribution < -0.4 is 4.74 Å². The van der Waals surface area contributed by atoms with E-state index in [2.05, 4.69) is 30.0 Å². The van der Waals surface area contributed by atoms with Crippen LogP contribution >= 0.6 is 0 Å². The monoisotopic (exact) mass is 409 g/mol. The Bertz CT molecular complexity index is 1200. The Morgan fingerprint density at radius 2 is 1.84 bits per heavy atom. The van der Waals surface area contributed by atoms with Gasteiger partial charge in [-0.2, -0.15) is 15.8 Å². The number of nitrogens with zero attached hydrogens (tertiary/aromatic N) is 4. The van der Waals surface area contributed by atoms with Gasteiger partial charge in [0.25, 0.3) is 0 Å². The smallest absolute Gasteiger partial charge is 0.189 e. The summed E-state index contributed by atoms with van der Waals surface area (Å²) in [5, 5.41) is 41.0. The molecule has 154 valence electrons. The van der Waals surface area contributed by atoms with Crippen LogP contribution in [0.4, 0.5) is 0 Å². The first kappa shape index (κ1) is 20.6. The van der Waals surface area contributed by atoms with E-state index >= 15 is 0 Å². The van der Waals surface area contributed by atoms with E-state index in [-0.39, 0.29) is 11.6 Å². The Balaban J connectivity index is 2.04. The molecule has 0 saturated heterocycles. The molecule has 2 aromatic rings. The summed E-state index contributed by atoms with van der Waals surface area (Å²) in [5.41, 5.74) is -0.119. The van der Waals surface area contributed by atoms with Gasteiger partial charge in [0, 0.05) is 30.3 Å². The molecule has 0 radical (unpaired) electrons. The number of hydrogen-bond acceptors (Lipinski definition) is 6. The molecular formula is C25H23N5O. The van der Waals surface area contributed by atoms with Gasteiger partial charge in [0.15, 0.2) is 5.41 Å². The third-order valence-corrected chi connectivity index (χ3v) is 6.79. The normalized spacial score (nSPS) is 24.9. The molecule has 3 atom stereocenters. The van der Waals surface area contributed by atoms with Crippen molar-refractivity contribution in [3.63, 3.8) is 0 Å². The molecule has 0 spiro atoms. The number of hydrogen-bond donors (Lipinski definition) is 1. The third-order valence-electron chi connectivity index (χ3n) is 6.79. The molecule has 31 heavy (non-hydrogen) atoms. The van der Waals surface area contributed by atoms with Gasteiger partial charge in [-0.1, -0.05) is 43.3 Å². The van der Waals surface area contributed by atoms with Crippen LogP contribution in [0.3, 0.4) is 0 Å². The van der Waals surface area contributed by atoms with Crippen LogP contribution in [-0.4, -0.2) is 37.4 Å². The number of methoxy groups -OCH3 is 1. The first-order valence-corrected chi connectivity index (χ1v) is 10.3. The van der Waals surface area contributed by atoms with Gasteiger partial charge in [-0.25, -0.2) is 0 Å². The first-order chi connectivity index (χ1) is 15.1.